The second kappa shape index (κ2) is 14.9. The SMILES string of the molecule is CC.COc1cnc(Cl)cc1-c1cc(C)ncc1C(C)=O.COc1cnc(Cl)cc1-c1cc(C)ncc1C(N)=O. The van der Waals surface area contributed by atoms with Gasteiger partial charge in [0.15, 0.2) is 5.78 Å². The van der Waals surface area contributed by atoms with E-state index in [9.17, 15) is 9.59 Å². The molecule has 0 aliphatic rings. The molecule has 4 rings (SSSR count). The zero-order chi connectivity index (χ0) is 30.0. The van der Waals surface area contributed by atoms with Crippen molar-refractivity contribution in [3.8, 4) is 33.8 Å². The lowest BCUT2D eigenvalue weighted by molar-refractivity contribution is 0.0996. The zero-order valence-corrected chi connectivity index (χ0v) is 24.9. The van der Waals surface area contributed by atoms with E-state index < -0.39 is 5.91 Å². The molecule has 9 nitrogen and oxygen atoms in total. The number of amides is 1. The van der Waals surface area contributed by atoms with Crippen molar-refractivity contribution in [1.82, 2.24) is 19.9 Å². The summed E-state index contributed by atoms with van der Waals surface area (Å²) in [5.74, 6) is 0.463. The number of aromatic nitrogens is 4. The molecule has 0 saturated heterocycles. The van der Waals surface area contributed by atoms with Gasteiger partial charge in [-0.15, -0.1) is 0 Å². The van der Waals surface area contributed by atoms with Gasteiger partial charge >= 0.3 is 0 Å². The van der Waals surface area contributed by atoms with Crippen LogP contribution < -0.4 is 15.2 Å². The lowest BCUT2D eigenvalue weighted by Gasteiger charge is -2.12. The molecular weight excluding hydrogens is 553 g/mol. The fourth-order valence-corrected chi connectivity index (χ4v) is 3.94. The molecule has 0 spiro atoms. The van der Waals surface area contributed by atoms with E-state index in [1.807, 2.05) is 33.8 Å². The molecule has 0 atom stereocenters. The summed E-state index contributed by atoms with van der Waals surface area (Å²) < 4.78 is 10.5. The number of methoxy groups -OCH3 is 2. The largest absolute Gasteiger partial charge is 0.494 e. The Morgan fingerprint density at radius 1 is 0.675 bits per heavy atom. The Bertz CT molecular complexity index is 1400. The maximum Gasteiger partial charge on any atom is 0.250 e. The minimum atomic E-state index is -0.558. The van der Waals surface area contributed by atoms with Gasteiger partial charge in [-0.05, 0) is 50.6 Å². The van der Waals surface area contributed by atoms with Crippen LogP contribution in [0.4, 0.5) is 0 Å². The number of primary amides is 1. The van der Waals surface area contributed by atoms with Gasteiger partial charge < -0.3 is 15.2 Å². The number of ketones is 1. The van der Waals surface area contributed by atoms with Crippen LogP contribution in [0.5, 0.6) is 11.5 Å². The van der Waals surface area contributed by atoms with Gasteiger partial charge in [0.05, 0.1) is 32.2 Å². The standard InChI is InChI=1S/C14H13ClN2O2.C13H12ClN3O2.C2H6/c1-8-4-10(12(6-16-8)9(2)18)11-5-14(15)17-7-13(11)19-3;1-7-3-8(10(5-16-7)13(15)18)9-4-12(14)17-6-11(9)19-2;1-2/h4-7H,1-3H3;3-6H,1-2H3,(H2,15,18);1-2H3. The van der Waals surface area contributed by atoms with E-state index in [1.54, 1.807) is 31.5 Å². The smallest absolute Gasteiger partial charge is 0.250 e. The van der Waals surface area contributed by atoms with Crippen LogP contribution in [0.15, 0.2) is 49.1 Å². The molecule has 0 bridgehead atoms. The molecule has 0 radical (unpaired) electrons. The number of Topliss-reactive ketones (excluding diaryl/α,β-unsaturated/α-hetero) is 1. The minimum Gasteiger partial charge on any atom is -0.494 e. The van der Waals surface area contributed by atoms with E-state index in [0.717, 1.165) is 22.5 Å². The highest BCUT2D eigenvalue weighted by Crippen LogP contribution is 2.34. The Labute approximate surface area is 243 Å². The van der Waals surface area contributed by atoms with Crippen LogP contribution in [0.3, 0.4) is 0 Å². The molecule has 40 heavy (non-hydrogen) atoms. The van der Waals surface area contributed by atoms with Crippen molar-refractivity contribution in [2.45, 2.75) is 34.6 Å². The average molecular weight is 585 g/mol. The Morgan fingerprint density at radius 3 is 1.45 bits per heavy atom. The molecule has 11 heteroatoms. The van der Waals surface area contributed by atoms with Crippen LogP contribution in [0, 0.1) is 13.8 Å². The van der Waals surface area contributed by atoms with Crippen LogP contribution in [0.2, 0.25) is 10.3 Å². The molecule has 0 fully saturated rings. The second-order valence-corrected chi connectivity index (χ2v) is 8.85. The summed E-state index contributed by atoms with van der Waals surface area (Å²) in [6, 6.07) is 6.91. The summed E-state index contributed by atoms with van der Waals surface area (Å²) in [7, 11) is 3.07. The monoisotopic (exact) mass is 583 g/mol. The summed E-state index contributed by atoms with van der Waals surface area (Å²) in [5.41, 5.74) is 10.5. The highest BCUT2D eigenvalue weighted by Gasteiger charge is 2.17. The van der Waals surface area contributed by atoms with Gasteiger partial charge in [-0.2, -0.15) is 0 Å². The van der Waals surface area contributed by atoms with Gasteiger partial charge in [-0.25, -0.2) is 9.97 Å². The summed E-state index contributed by atoms with van der Waals surface area (Å²) >= 11 is 11.8. The molecule has 4 aromatic rings. The Kier molecular flexibility index (Phi) is 12.0. The molecule has 210 valence electrons. The van der Waals surface area contributed by atoms with Crippen molar-refractivity contribution < 1.29 is 19.1 Å². The fourth-order valence-electron chi connectivity index (χ4n) is 3.62. The lowest BCUT2D eigenvalue weighted by atomic mass is 9.99. The first kappa shape index (κ1) is 32.1. The number of halogens is 2. The van der Waals surface area contributed by atoms with Crippen molar-refractivity contribution in [2.75, 3.05) is 14.2 Å². The number of rotatable bonds is 6. The number of hydrogen-bond donors (Lipinski definition) is 1. The van der Waals surface area contributed by atoms with Crippen molar-refractivity contribution in [3.05, 3.63) is 81.9 Å². The number of nitrogens with two attached hydrogens (primary N) is 1. The quantitative estimate of drug-likeness (QED) is 0.199. The predicted octanol–water partition coefficient (Wildman–Crippen LogP) is 6.56. The number of carbonyl (C=O) groups is 2. The van der Waals surface area contributed by atoms with Crippen molar-refractivity contribution in [2.24, 2.45) is 5.73 Å². The first-order valence-corrected chi connectivity index (χ1v) is 12.9. The highest BCUT2D eigenvalue weighted by molar-refractivity contribution is 6.30. The number of carbonyl (C=O) groups excluding carboxylic acids is 2. The molecule has 0 aliphatic heterocycles. The van der Waals surface area contributed by atoms with E-state index >= 15 is 0 Å². The number of hydrogen-bond acceptors (Lipinski definition) is 8. The van der Waals surface area contributed by atoms with E-state index in [0.29, 0.717) is 44.1 Å². The molecule has 0 unspecified atom stereocenters. The average Bonchev–Trinajstić information content (AvgIpc) is 2.94. The maximum atomic E-state index is 11.7. The van der Waals surface area contributed by atoms with Gasteiger partial charge in [0.1, 0.15) is 21.8 Å². The predicted molar refractivity (Wildman–Crippen MR) is 157 cm³/mol. The summed E-state index contributed by atoms with van der Waals surface area (Å²) in [5, 5.41) is 0.653. The zero-order valence-electron chi connectivity index (χ0n) is 23.4. The van der Waals surface area contributed by atoms with E-state index in [4.69, 9.17) is 38.4 Å². The number of pyridine rings is 4. The van der Waals surface area contributed by atoms with Crippen LogP contribution in [0.25, 0.3) is 22.3 Å². The van der Waals surface area contributed by atoms with Gasteiger partial charge in [-0.3, -0.25) is 19.6 Å². The van der Waals surface area contributed by atoms with Gasteiger partial charge in [0.2, 0.25) is 0 Å². The summed E-state index contributed by atoms with van der Waals surface area (Å²) in [6.07, 6.45) is 6.05. The number of aryl methyl sites for hydroxylation is 2. The Morgan fingerprint density at radius 2 is 1.07 bits per heavy atom. The maximum absolute atomic E-state index is 11.7. The van der Waals surface area contributed by atoms with Crippen molar-refractivity contribution in [3.63, 3.8) is 0 Å². The molecule has 4 heterocycles. The molecule has 0 aromatic carbocycles. The lowest BCUT2D eigenvalue weighted by Crippen LogP contribution is -2.13. The normalized spacial score (nSPS) is 9.93. The minimum absolute atomic E-state index is 0.0579. The Balaban J connectivity index is 0.000000264. The molecule has 4 aromatic heterocycles. The number of nitrogens with zero attached hydrogens (tertiary/aromatic N) is 4. The van der Waals surface area contributed by atoms with Crippen molar-refractivity contribution >= 4 is 34.9 Å². The molecule has 0 aliphatic carbocycles. The first-order valence-electron chi connectivity index (χ1n) is 12.2. The molecule has 1 amide bonds. The third-order valence-corrected chi connectivity index (χ3v) is 5.83. The third-order valence-electron chi connectivity index (χ3n) is 5.41. The highest BCUT2D eigenvalue weighted by atomic mass is 35.5. The van der Waals surface area contributed by atoms with E-state index in [2.05, 4.69) is 19.9 Å². The van der Waals surface area contributed by atoms with Gasteiger partial charge in [0.25, 0.3) is 5.91 Å². The molecular formula is C29H31Cl2N5O4. The van der Waals surface area contributed by atoms with Crippen LogP contribution >= 0.6 is 23.2 Å². The van der Waals surface area contributed by atoms with Gasteiger partial charge in [0, 0.05) is 46.0 Å². The van der Waals surface area contributed by atoms with Crippen molar-refractivity contribution in [1.29, 1.82) is 0 Å². The number of ether oxygens (including phenoxy) is 2. The van der Waals surface area contributed by atoms with Gasteiger partial charge in [-0.1, -0.05) is 37.0 Å². The molecule has 2 N–H and O–H groups in total. The topological polar surface area (TPSA) is 130 Å². The fraction of sp³-hybridized carbons (Fsp3) is 0.241. The van der Waals surface area contributed by atoms with Crippen LogP contribution in [-0.4, -0.2) is 45.8 Å². The van der Waals surface area contributed by atoms with E-state index in [1.165, 1.54) is 32.6 Å². The summed E-state index contributed by atoms with van der Waals surface area (Å²) in [6.45, 7) is 9.19. The second-order valence-electron chi connectivity index (χ2n) is 8.08. The van der Waals surface area contributed by atoms with E-state index in [-0.39, 0.29) is 5.78 Å². The molecule has 0 saturated carbocycles. The first-order chi connectivity index (χ1) is 19.0. The summed E-state index contributed by atoms with van der Waals surface area (Å²) in [4.78, 5) is 39.3. The van der Waals surface area contributed by atoms with Crippen LogP contribution in [0.1, 0.15) is 52.9 Å². The Hall–Kier alpha value is -4.08. The third kappa shape index (κ3) is 7.97. The van der Waals surface area contributed by atoms with Crippen LogP contribution in [-0.2, 0) is 0 Å².